The minimum absolute atomic E-state index is 0.0279. The third-order valence-electron chi connectivity index (χ3n) is 6.47. The van der Waals surface area contributed by atoms with Crippen molar-refractivity contribution in [3.05, 3.63) is 63.7 Å². The summed E-state index contributed by atoms with van der Waals surface area (Å²) in [6.07, 6.45) is -2.65. The molecule has 1 heterocycles. The fraction of sp³-hybridized carbons (Fsp3) is 0.500. The van der Waals surface area contributed by atoms with Gasteiger partial charge in [0.1, 0.15) is 0 Å². The maximum atomic E-state index is 14.0. The molecule has 37 heavy (non-hydrogen) atoms. The number of alkyl halides is 3. The van der Waals surface area contributed by atoms with Gasteiger partial charge in [-0.2, -0.15) is 13.2 Å². The second-order valence-electron chi connectivity index (χ2n) is 9.71. The lowest BCUT2D eigenvalue weighted by Crippen LogP contribution is -2.39. The molecule has 1 fully saturated rings. The normalized spacial score (nSPS) is 17.2. The molecule has 2 aromatic rings. The van der Waals surface area contributed by atoms with Gasteiger partial charge in [0.15, 0.2) is 9.84 Å². The summed E-state index contributed by atoms with van der Waals surface area (Å²) >= 11 is 6.01. The molecule has 11 heteroatoms. The zero-order valence-corrected chi connectivity index (χ0v) is 22.8. The molecular weight excluding hydrogens is 527 g/mol. The molecule has 1 N–H and O–H groups in total. The third kappa shape index (κ3) is 7.92. The van der Waals surface area contributed by atoms with Crippen LogP contribution in [0.3, 0.4) is 0 Å². The molecule has 6 nitrogen and oxygen atoms in total. The largest absolute Gasteiger partial charge is 0.416 e. The average Bonchev–Trinajstić information content (AvgIpc) is 2.81. The quantitative estimate of drug-likeness (QED) is 0.475. The molecular formula is C26H33ClF3N3O3S. The zero-order valence-electron chi connectivity index (χ0n) is 21.2. The van der Waals surface area contributed by atoms with Gasteiger partial charge in [0.05, 0.1) is 16.2 Å². The first-order valence-electron chi connectivity index (χ1n) is 12.2. The van der Waals surface area contributed by atoms with E-state index < -0.39 is 27.5 Å². The molecule has 0 spiro atoms. The summed E-state index contributed by atoms with van der Waals surface area (Å²) in [5, 5.41) is 2.82. The first kappa shape index (κ1) is 29.4. The third-order valence-corrected chi connectivity index (χ3v) is 8.54. The van der Waals surface area contributed by atoms with E-state index in [0.717, 1.165) is 38.5 Å². The minimum atomic E-state index is -4.63. The van der Waals surface area contributed by atoms with E-state index in [2.05, 4.69) is 10.2 Å². The second kappa shape index (κ2) is 12.1. The standard InChI is InChI=1S/C26H33ClF3N3O3S/c1-4-37(35,36)24-10-9-22(27)12-21(24)14-31-25(34)19-7-8-20(23(13-19)26(28,29)30)17-33-11-5-6-18(16-33)15-32(2)3/h7-10,12-13,18H,4-6,11,14-17H2,1-3H3,(H,31,34). The van der Waals surface area contributed by atoms with Crippen LogP contribution >= 0.6 is 11.6 Å². The van der Waals surface area contributed by atoms with Gasteiger partial charge in [-0.3, -0.25) is 9.69 Å². The Morgan fingerprint density at radius 3 is 2.54 bits per heavy atom. The summed E-state index contributed by atoms with van der Waals surface area (Å²) in [6, 6.07) is 7.84. The number of carbonyl (C=O) groups is 1. The molecule has 2 aromatic carbocycles. The summed E-state index contributed by atoms with van der Waals surface area (Å²) in [5.41, 5.74) is -0.595. The molecule has 0 radical (unpaired) electrons. The van der Waals surface area contributed by atoms with Gasteiger partial charge in [0.25, 0.3) is 5.91 Å². The Bertz CT molecular complexity index is 1220. The molecule has 0 aliphatic carbocycles. The van der Waals surface area contributed by atoms with Gasteiger partial charge in [-0.15, -0.1) is 0 Å². The van der Waals surface area contributed by atoms with Crippen molar-refractivity contribution in [2.45, 2.75) is 43.9 Å². The summed E-state index contributed by atoms with van der Waals surface area (Å²) < 4.78 is 66.7. The Morgan fingerprint density at radius 2 is 1.89 bits per heavy atom. The van der Waals surface area contributed by atoms with Gasteiger partial charge < -0.3 is 10.2 Å². The summed E-state index contributed by atoms with van der Waals surface area (Å²) in [5.74, 6) is -0.476. The van der Waals surface area contributed by atoms with E-state index in [4.69, 9.17) is 11.6 Å². The lowest BCUT2D eigenvalue weighted by molar-refractivity contribution is -0.138. The van der Waals surface area contributed by atoms with Gasteiger partial charge in [0, 0.05) is 36.8 Å². The number of hydrogen-bond acceptors (Lipinski definition) is 5. The molecule has 0 saturated carbocycles. The molecule has 1 amide bonds. The van der Waals surface area contributed by atoms with E-state index in [1.807, 2.05) is 19.0 Å². The van der Waals surface area contributed by atoms with Crippen LogP contribution in [0, 0.1) is 5.92 Å². The Morgan fingerprint density at radius 1 is 1.16 bits per heavy atom. The number of halogens is 4. The Labute approximate surface area is 221 Å². The van der Waals surface area contributed by atoms with Crippen molar-refractivity contribution in [2.24, 2.45) is 5.92 Å². The van der Waals surface area contributed by atoms with Crippen molar-refractivity contribution in [3.8, 4) is 0 Å². The lowest BCUT2D eigenvalue weighted by atomic mass is 9.96. The number of nitrogens with zero attached hydrogens (tertiary/aromatic N) is 2. The van der Waals surface area contributed by atoms with E-state index in [1.54, 1.807) is 0 Å². The maximum absolute atomic E-state index is 14.0. The predicted molar refractivity (Wildman–Crippen MR) is 138 cm³/mol. The Kier molecular flexibility index (Phi) is 9.66. The van der Waals surface area contributed by atoms with E-state index in [0.29, 0.717) is 5.92 Å². The second-order valence-corrected chi connectivity index (χ2v) is 12.4. The van der Waals surface area contributed by atoms with E-state index >= 15 is 0 Å². The van der Waals surface area contributed by atoms with Gasteiger partial charge in [-0.05, 0) is 80.9 Å². The lowest BCUT2D eigenvalue weighted by Gasteiger charge is -2.34. The van der Waals surface area contributed by atoms with Crippen LogP contribution in [0.2, 0.25) is 5.02 Å². The summed E-state index contributed by atoms with van der Waals surface area (Å²) in [7, 11) is 0.392. The van der Waals surface area contributed by atoms with Crippen LogP contribution in [0.1, 0.15) is 46.8 Å². The Balaban J connectivity index is 1.78. The summed E-state index contributed by atoms with van der Waals surface area (Å²) in [6.45, 7) is 3.79. The van der Waals surface area contributed by atoms with E-state index in [-0.39, 0.29) is 45.5 Å². The van der Waals surface area contributed by atoms with Crippen molar-refractivity contribution in [3.63, 3.8) is 0 Å². The molecule has 0 aromatic heterocycles. The molecule has 204 valence electrons. The van der Waals surface area contributed by atoms with Crippen LogP contribution in [0.4, 0.5) is 13.2 Å². The fourth-order valence-corrected chi connectivity index (χ4v) is 6.05. The number of piperidine rings is 1. The summed E-state index contributed by atoms with van der Waals surface area (Å²) in [4.78, 5) is 16.9. The van der Waals surface area contributed by atoms with Crippen molar-refractivity contribution in [1.82, 2.24) is 15.1 Å². The number of likely N-dealkylation sites (tertiary alicyclic amines) is 1. The number of carbonyl (C=O) groups excluding carboxylic acids is 1. The molecule has 0 bridgehead atoms. The van der Waals surface area contributed by atoms with Gasteiger partial charge >= 0.3 is 6.18 Å². The number of nitrogens with one attached hydrogen (secondary N) is 1. The monoisotopic (exact) mass is 559 g/mol. The highest BCUT2D eigenvalue weighted by atomic mass is 35.5. The SMILES string of the molecule is CCS(=O)(=O)c1ccc(Cl)cc1CNC(=O)c1ccc(CN2CCCC(CN(C)C)C2)c(C(F)(F)F)c1. The Hall–Kier alpha value is -2.14. The van der Waals surface area contributed by atoms with Crippen molar-refractivity contribution >= 4 is 27.3 Å². The zero-order chi connectivity index (χ0) is 27.4. The van der Waals surface area contributed by atoms with Crippen LogP contribution < -0.4 is 5.32 Å². The number of sulfone groups is 1. The molecule has 1 unspecified atom stereocenters. The number of rotatable bonds is 9. The van der Waals surface area contributed by atoms with Crippen LogP contribution in [0.15, 0.2) is 41.3 Å². The first-order chi connectivity index (χ1) is 17.3. The average molecular weight is 560 g/mol. The van der Waals surface area contributed by atoms with Gasteiger partial charge in [-0.25, -0.2) is 8.42 Å². The van der Waals surface area contributed by atoms with Crippen LogP contribution in [-0.2, 0) is 29.1 Å². The minimum Gasteiger partial charge on any atom is -0.348 e. The maximum Gasteiger partial charge on any atom is 0.416 e. The highest BCUT2D eigenvalue weighted by Crippen LogP contribution is 2.34. The van der Waals surface area contributed by atoms with Crippen LogP contribution in [0.5, 0.6) is 0 Å². The highest BCUT2D eigenvalue weighted by Gasteiger charge is 2.35. The van der Waals surface area contributed by atoms with E-state index in [9.17, 15) is 26.4 Å². The van der Waals surface area contributed by atoms with Crippen molar-refractivity contribution in [2.75, 3.05) is 39.5 Å². The molecule has 3 rings (SSSR count). The van der Waals surface area contributed by atoms with Crippen LogP contribution in [0.25, 0.3) is 0 Å². The fourth-order valence-electron chi connectivity index (χ4n) is 4.74. The van der Waals surface area contributed by atoms with Gasteiger partial charge in [0.2, 0.25) is 0 Å². The van der Waals surface area contributed by atoms with Gasteiger partial charge in [-0.1, -0.05) is 24.6 Å². The van der Waals surface area contributed by atoms with Crippen molar-refractivity contribution in [1.29, 1.82) is 0 Å². The smallest absolute Gasteiger partial charge is 0.348 e. The molecule has 1 aliphatic heterocycles. The van der Waals surface area contributed by atoms with Crippen LogP contribution in [-0.4, -0.2) is 63.6 Å². The number of hydrogen-bond donors (Lipinski definition) is 1. The predicted octanol–water partition coefficient (Wildman–Crippen LogP) is 4.86. The molecule has 1 aliphatic rings. The number of amides is 1. The molecule has 1 atom stereocenters. The first-order valence-corrected chi connectivity index (χ1v) is 14.2. The molecule has 1 saturated heterocycles. The topological polar surface area (TPSA) is 69.7 Å². The van der Waals surface area contributed by atoms with Crippen molar-refractivity contribution < 1.29 is 26.4 Å². The number of benzene rings is 2. The van der Waals surface area contributed by atoms with E-state index in [1.165, 1.54) is 37.3 Å². The highest BCUT2D eigenvalue weighted by molar-refractivity contribution is 7.91.